The maximum absolute atomic E-state index is 13.6. The van der Waals surface area contributed by atoms with E-state index in [2.05, 4.69) is 5.32 Å². The summed E-state index contributed by atoms with van der Waals surface area (Å²) in [6, 6.07) is 8.94. The lowest BCUT2D eigenvalue weighted by molar-refractivity contribution is -0.383. The Labute approximate surface area is 114 Å². The van der Waals surface area contributed by atoms with E-state index < -0.39 is 10.7 Å². The van der Waals surface area contributed by atoms with Gasteiger partial charge in [0.05, 0.1) is 10.6 Å². The fraction of sp³-hybridized carbons (Fsp3) is 0.0769. The highest BCUT2D eigenvalue weighted by Crippen LogP contribution is 2.34. The lowest BCUT2D eigenvalue weighted by Gasteiger charge is -2.09. The molecule has 0 aliphatic rings. The van der Waals surface area contributed by atoms with Gasteiger partial charge in [-0.3, -0.25) is 10.1 Å². The molecule has 1 N–H and O–H groups in total. The Morgan fingerprint density at radius 3 is 2.68 bits per heavy atom. The second-order valence-corrected chi connectivity index (χ2v) is 4.41. The van der Waals surface area contributed by atoms with Crippen LogP contribution in [0.1, 0.15) is 5.56 Å². The highest BCUT2D eigenvalue weighted by molar-refractivity contribution is 6.33. The van der Waals surface area contributed by atoms with E-state index in [9.17, 15) is 14.5 Å². The summed E-state index contributed by atoms with van der Waals surface area (Å²) in [5, 5.41) is 13.7. The molecule has 2 rings (SSSR count). The summed E-state index contributed by atoms with van der Waals surface area (Å²) in [6.07, 6.45) is 0. The molecule has 0 atom stereocenters. The Morgan fingerprint density at radius 2 is 2.00 bits per heavy atom. The van der Waals surface area contributed by atoms with Gasteiger partial charge in [0.15, 0.2) is 0 Å². The van der Waals surface area contributed by atoms with Crippen molar-refractivity contribution in [2.75, 3.05) is 5.32 Å². The van der Waals surface area contributed by atoms with Gasteiger partial charge in [0.25, 0.3) is 0 Å². The summed E-state index contributed by atoms with van der Waals surface area (Å²) in [5.41, 5.74) is 0.894. The lowest BCUT2D eigenvalue weighted by Crippen LogP contribution is -1.99. The molecule has 0 aliphatic carbocycles. The van der Waals surface area contributed by atoms with Gasteiger partial charge in [-0.25, -0.2) is 4.39 Å². The van der Waals surface area contributed by atoms with Crippen LogP contribution in [0, 0.1) is 22.9 Å². The zero-order valence-corrected chi connectivity index (χ0v) is 10.7. The fourth-order valence-electron chi connectivity index (χ4n) is 1.68. The molecular formula is C13H10ClFN2O2. The van der Waals surface area contributed by atoms with Gasteiger partial charge in [-0.05, 0) is 36.8 Å². The van der Waals surface area contributed by atoms with Gasteiger partial charge in [0.1, 0.15) is 16.5 Å². The van der Waals surface area contributed by atoms with E-state index in [0.717, 1.165) is 5.56 Å². The van der Waals surface area contributed by atoms with Crippen molar-refractivity contribution < 1.29 is 9.31 Å². The first-order valence-electron chi connectivity index (χ1n) is 5.45. The second-order valence-electron chi connectivity index (χ2n) is 4.00. The van der Waals surface area contributed by atoms with Crippen molar-refractivity contribution in [2.45, 2.75) is 6.92 Å². The minimum absolute atomic E-state index is 0.00283. The first-order valence-corrected chi connectivity index (χ1v) is 5.83. The van der Waals surface area contributed by atoms with Crippen LogP contribution in [0.5, 0.6) is 0 Å². The number of rotatable bonds is 3. The molecule has 98 valence electrons. The number of anilines is 2. The first-order chi connectivity index (χ1) is 8.99. The molecule has 0 aromatic heterocycles. The number of benzene rings is 2. The van der Waals surface area contributed by atoms with E-state index in [1.807, 2.05) is 0 Å². The molecule has 0 radical (unpaired) electrons. The number of halogens is 2. The van der Waals surface area contributed by atoms with Gasteiger partial charge < -0.3 is 5.32 Å². The number of aryl methyl sites for hydroxylation is 1. The van der Waals surface area contributed by atoms with E-state index in [4.69, 9.17) is 11.6 Å². The molecule has 19 heavy (non-hydrogen) atoms. The Balaban J connectivity index is 2.46. The van der Waals surface area contributed by atoms with Crippen molar-refractivity contribution in [1.29, 1.82) is 0 Å². The number of nitro benzene ring substituents is 1. The predicted octanol–water partition coefficient (Wildman–Crippen LogP) is 4.44. The molecule has 0 saturated heterocycles. The van der Waals surface area contributed by atoms with Gasteiger partial charge in [0, 0.05) is 0 Å². The number of hydrogen-bond acceptors (Lipinski definition) is 3. The van der Waals surface area contributed by atoms with Gasteiger partial charge in [-0.2, -0.15) is 0 Å². The highest BCUT2D eigenvalue weighted by Gasteiger charge is 2.19. The molecule has 6 heteroatoms. The third-order valence-corrected chi connectivity index (χ3v) is 2.87. The molecule has 0 unspecified atom stereocenters. The second kappa shape index (κ2) is 5.24. The van der Waals surface area contributed by atoms with Crippen molar-refractivity contribution in [1.82, 2.24) is 0 Å². The molecule has 0 spiro atoms. The molecule has 4 nitrogen and oxygen atoms in total. The lowest BCUT2D eigenvalue weighted by atomic mass is 10.2. The first kappa shape index (κ1) is 13.3. The normalized spacial score (nSPS) is 10.3. The van der Waals surface area contributed by atoms with Gasteiger partial charge in [0.2, 0.25) is 0 Å². The number of hydrogen-bond donors (Lipinski definition) is 1. The molecule has 0 saturated carbocycles. The van der Waals surface area contributed by atoms with Crippen molar-refractivity contribution in [3.8, 4) is 0 Å². The maximum Gasteiger partial charge on any atom is 0.311 e. The monoisotopic (exact) mass is 280 g/mol. The predicted molar refractivity (Wildman–Crippen MR) is 72.5 cm³/mol. The van der Waals surface area contributed by atoms with E-state index in [1.54, 1.807) is 25.1 Å². The van der Waals surface area contributed by atoms with Crippen LogP contribution < -0.4 is 5.32 Å². The topological polar surface area (TPSA) is 55.2 Å². The van der Waals surface area contributed by atoms with Crippen molar-refractivity contribution in [3.63, 3.8) is 0 Å². The van der Waals surface area contributed by atoms with Gasteiger partial charge >= 0.3 is 5.69 Å². The molecule has 2 aromatic carbocycles. The summed E-state index contributed by atoms with van der Waals surface area (Å²) < 4.78 is 13.6. The number of nitro groups is 1. The van der Waals surface area contributed by atoms with Crippen LogP contribution in [0.2, 0.25) is 5.02 Å². The molecule has 0 bridgehead atoms. The number of para-hydroxylation sites is 1. The minimum Gasteiger partial charge on any atom is -0.347 e. The van der Waals surface area contributed by atoms with Gasteiger partial charge in [-0.15, -0.1) is 0 Å². The van der Waals surface area contributed by atoms with Crippen LogP contribution in [-0.4, -0.2) is 4.92 Å². The Hall–Kier alpha value is -2.14. The van der Waals surface area contributed by atoms with Crippen LogP contribution >= 0.6 is 11.6 Å². The summed E-state index contributed by atoms with van der Waals surface area (Å²) >= 11 is 5.79. The van der Waals surface area contributed by atoms with Crippen LogP contribution in [0.25, 0.3) is 0 Å². The quantitative estimate of drug-likeness (QED) is 0.668. The van der Waals surface area contributed by atoms with Crippen LogP contribution in [0.3, 0.4) is 0 Å². The average Bonchev–Trinajstić information content (AvgIpc) is 2.33. The smallest absolute Gasteiger partial charge is 0.311 e. The Bertz CT molecular complexity index is 647. The van der Waals surface area contributed by atoms with Crippen molar-refractivity contribution >= 4 is 28.7 Å². The average molecular weight is 281 g/mol. The number of nitrogens with one attached hydrogen (secondary N) is 1. The standard InChI is InChI=1S/C13H10ClFN2O2/c1-8-5-6-10(15)12(7-8)16-11-4-2-3-9(14)13(11)17(18)19/h2-7,16H,1H3. The van der Waals surface area contributed by atoms with Crippen LogP contribution in [0.15, 0.2) is 36.4 Å². The van der Waals surface area contributed by atoms with Crippen LogP contribution in [-0.2, 0) is 0 Å². The van der Waals surface area contributed by atoms with Crippen molar-refractivity contribution in [3.05, 3.63) is 62.9 Å². The molecule has 0 fully saturated rings. The molecule has 0 heterocycles. The summed E-state index contributed by atoms with van der Waals surface area (Å²) in [7, 11) is 0. The molecule has 0 amide bonds. The van der Waals surface area contributed by atoms with Crippen LogP contribution in [0.4, 0.5) is 21.5 Å². The van der Waals surface area contributed by atoms with Crippen molar-refractivity contribution in [2.24, 2.45) is 0 Å². The third kappa shape index (κ3) is 2.82. The fourth-order valence-corrected chi connectivity index (χ4v) is 1.93. The maximum atomic E-state index is 13.6. The largest absolute Gasteiger partial charge is 0.347 e. The van der Waals surface area contributed by atoms with Gasteiger partial charge in [-0.1, -0.05) is 23.7 Å². The summed E-state index contributed by atoms with van der Waals surface area (Å²) in [4.78, 5) is 10.4. The molecule has 2 aromatic rings. The highest BCUT2D eigenvalue weighted by atomic mass is 35.5. The van der Waals surface area contributed by atoms with E-state index in [-0.39, 0.29) is 22.1 Å². The minimum atomic E-state index is -0.599. The number of nitrogens with zero attached hydrogens (tertiary/aromatic N) is 1. The third-order valence-electron chi connectivity index (χ3n) is 2.56. The summed E-state index contributed by atoms with van der Waals surface area (Å²) in [5.74, 6) is -0.486. The summed E-state index contributed by atoms with van der Waals surface area (Å²) in [6.45, 7) is 1.80. The SMILES string of the molecule is Cc1ccc(F)c(Nc2cccc(Cl)c2[N+](=O)[O-])c1. The zero-order chi connectivity index (χ0) is 14.0. The van der Waals surface area contributed by atoms with E-state index in [0.29, 0.717) is 0 Å². The molecular weight excluding hydrogens is 271 g/mol. The molecule has 0 aliphatic heterocycles. The Morgan fingerprint density at radius 1 is 1.26 bits per heavy atom. The van der Waals surface area contributed by atoms with E-state index >= 15 is 0 Å². The van der Waals surface area contributed by atoms with E-state index in [1.165, 1.54) is 18.2 Å². The Kier molecular flexibility index (Phi) is 3.66. The zero-order valence-electron chi connectivity index (χ0n) is 9.98.